The van der Waals surface area contributed by atoms with E-state index in [0.717, 1.165) is 42.8 Å². The lowest BCUT2D eigenvalue weighted by Crippen LogP contribution is -2.28. The molecule has 3 nitrogen and oxygen atoms in total. The smallest absolute Gasteiger partial charge is 0.253 e. The largest absolute Gasteiger partial charge is 0.496 e. The summed E-state index contributed by atoms with van der Waals surface area (Å²) in [7, 11) is 1.67. The van der Waals surface area contributed by atoms with Gasteiger partial charge in [0.05, 0.1) is 7.11 Å². The summed E-state index contributed by atoms with van der Waals surface area (Å²) in [5, 5.41) is 0. The second-order valence-corrected chi connectivity index (χ2v) is 6.16. The van der Waals surface area contributed by atoms with Crippen molar-refractivity contribution in [2.45, 2.75) is 39.0 Å². The van der Waals surface area contributed by atoms with Gasteiger partial charge in [0.25, 0.3) is 5.91 Å². The van der Waals surface area contributed by atoms with Crippen molar-refractivity contribution < 1.29 is 9.53 Å². The second kappa shape index (κ2) is 5.24. The van der Waals surface area contributed by atoms with Gasteiger partial charge in [-0.05, 0) is 36.5 Å². The van der Waals surface area contributed by atoms with E-state index in [9.17, 15) is 4.79 Å². The summed E-state index contributed by atoms with van der Waals surface area (Å²) in [6, 6.07) is 5.76. The van der Waals surface area contributed by atoms with Crippen LogP contribution >= 0.6 is 0 Å². The van der Waals surface area contributed by atoms with E-state index in [-0.39, 0.29) is 11.3 Å². The zero-order chi connectivity index (χ0) is 14.0. The molecule has 1 aromatic rings. The van der Waals surface area contributed by atoms with Crippen LogP contribution in [0.25, 0.3) is 0 Å². The molecule has 1 saturated heterocycles. The Kier molecular flexibility index (Phi) is 3.83. The molecule has 1 fully saturated rings. The normalized spacial score (nSPS) is 15.7. The monoisotopic (exact) mass is 261 g/mol. The first-order chi connectivity index (χ1) is 8.93. The average Bonchev–Trinajstić information content (AvgIpc) is 2.90. The van der Waals surface area contributed by atoms with Crippen molar-refractivity contribution in [3.63, 3.8) is 0 Å². The minimum atomic E-state index is -0.0351. The molecule has 19 heavy (non-hydrogen) atoms. The van der Waals surface area contributed by atoms with Gasteiger partial charge in [-0.3, -0.25) is 4.79 Å². The zero-order valence-corrected chi connectivity index (χ0v) is 12.3. The SMILES string of the molecule is COc1ccc(C(=O)N2CCCC2)cc1C(C)(C)C. The minimum absolute atomic E-state index is 0.0351. The Morgan fingerprint density at radius 2 is 1.84 bits per heavy atom. The summed E-state index contributed by atoms with van der Waals surface area (Å²) in [6.07, 6.45) is 2.24. The Morgan fingerprint density at radius 3 is 2.37 bits per heavy atom. The molecule has 1 aromatic carbocycles. The average molecular weight is 261 g/mol. The van der Waals surface area contributed by atoms with Gasteiger partial charge in [-0.1, -0.05) is 20.8 Å². The van der Waals surface area contributed by atoms with Gasteiger partial charge in [-0.2, -0.15) is 0 Å². The minimum Gasteiger partial charge on any atom is -0.496 e. The Balaban J connectivity index is 2.34. The maximum absolute atomic E-state index is 12.4. The van der Waals surface area contributed by atoms with Crippen LogP contribution in [0.15, 0.2) is 18.2 Å². The quantitative estimate of drug-likeness (QED) is 0.818. The van der Waals surface area contributed by atoms with Crippen LogP contribution in [-0.4, -0.2) is 31.0 Å². The van der Waals surface area contributed by atoms with Crippen molar-refractivity contribution in [1.29, 1.82) is 0 Å². The maximum Gasteiger partial charge on any atom is 0.253 e. The molecule has 0 unspecified atom stereocenters. The molecule has 0 aromatic heterocycles. The topological polar surface area (TPSA) is 29.5 Å². The van der Waals surface area contributed by atoms with Gasteiger partial charge in [0, 0.05) is 24.2 Å². The number of likely N-dealkylation sites (tertiary alicyclic amines) is 1. The van der Waals surface area contributed by atoms with Crippen molar-refractivity contribution in [2.75, 3.05) is 20.2 Å². The van der Waals surface area contributed by atoms with Crippen LogP contribution in [0.5, 0.6) is 5.75 Å². The highest BCUT2D eigenvalue weighted by Crippen LogP contribution is 2.32. The molecule has 1 heterocycles. The first kappa shape index (κ1) is 13.9. The summed E-state index contributed by atoms with van der Waals surface area (Å²) < 4.78 is 5.41. The number of nitrogens with zero attached hydrogens (tertiary/aromatic N) is 1. The van der Waals surface area contributed by atoms with E-state index in [1.165, 1.54) is 0 Å². The Morgan fingerprint density at radius 1 is 1.21 bits per heavy atom. The van der Waals surface area contributed by atoms with E-state index in [4.69, 9.17) is 4.74 Å². The number of rotatable bonds is 2. The number of carbonyl (C=O) groups excluding carboxylic acids is 1. The van der Waals surface area contributed by atoms with E-state index in [2.05, 4.69) is 20.8 Å². The predicted octanol–water partition coefficient (Wildman–Crippen LogP) is 3.23. The summed E-state index contributed by atoms with van der Waals surface area (Å²) in [4.78, 5) is 14.3. The molecule has 0 N–H and O–H groups in total. The summed E-state index contributed by atoms with van der Waals surface area (Å²) in [6.45, 7) is 8.17. The van der Waals surface area contributed by atoms with E-state index in [1.54, 1.807) is 7.11 Å². The van der Waals surface area contributed by atoms with Crippen molar-refractivity contribution >= 4 is 5.91 Å². The molecule has 0 atom stereocenters. The number of benzene rings is 1. The van der Waals surface area contributed by atoms with Gasteiger partial charge < -0.3 is 9.64 Å². The number of carbonyl (C=O) groups is 1. The second-order valence-electron chi connectivity index (χ2n) is 6.16. The summed E-state index contributed by atoms with van der Waals surface area (Å²) in [5.74, 6) is 0.996. The highest BCUT2D eigenvalue weighted by molar-refractivity contribution is 5.94. The predicted molar refractivity (Wildman–Crippen MR) is 76.8 cm³/mol. The number of methoxy groups -OCH3 is 1. The Labute approximate surface area is 115 Å². The van der Waals surface area contributed by atoms with Crippen molar-refractivity contribution in [3.05, 3.63) is 29.3 Å². The molecule has 104 valence electrons. The lowest BCUT2D eigenvalue weighted by molar-refractivity contribution is 0.0792. The molecule has 0 saturated carbocycles. The molecule has 0 spiro atoms. The highest BCUT2D eigenvalue weighted by atomic mass is 16.5. The van der Waals surface area contributed by atoms with Crippen molar-refractivity contribution in [2.24, 2.45) is 0 Å². The van der Waals surface area contributed by atoms with Gasteiger partial charge in [0.15, 0.2) is 0 Å². The molecule has 3 heteroatoms. The molecule has 0 aliphatic carbocycles. The Hall–Kier alpha value is -1.51. The van der Waals surface area contributed by atoms with Crippen molar-refractivity contribution in [3.8, 4) is 5.75 Å². The molecule has 2 rings (SSSR count). The first-order valence-corrected chi connectivity index (χ1v) is 6.91. The van der Waals surface area contributed by atoms with Gasteiger partial charge >= 0.3 is 0 Å². The molecule has 0 bridgehead atoms. The van der Waals surface area contributed by atoms with Gasteiger partial charge in [0.1, 0.15) is 5.75 Å². The fraction of sp³-hybridized carbons (Fsp3) is 0.562. The van der Waals surface area contributed by atoms with Crippen LogP contribution in [-0.2, 0) is 5.41 Å². The zero-order valence-electron chi connectivity index (χ0n) is 12.3. The van der Waals surface area contributed by atoms with Crippen LogP contribution in [0.3, 0.4) is 0 Å². The summed E-state index contributed by atoms with van der Waals surface area (Å²) in [5.41, 5.74) is 1.82. The van der Waals surface area contributed by atoms with Gasteiger partial charge in [-0.15, -0.1) is 0 Å². The molecule has 1 aliphatic rings. The van der Waals surface area contributed by atoms with Crippen LogP contribution in [0.2, 0.25) is 0 Å². The highest BCUT2D eigenvalue weighted by Gasteiger charge is 2.24. The van der Waals surface area contributed by atoms with E-state index < -0.39 is 0 Å². The number of ether oxygens (including phenoxy) is 1. The first-order valence-electron chi connectivity index (χ1n) is 6.91. The fourth-order valence-corrected chi connectivity index (χ4v) is 2.53. The van der Waals surface area contributed by atoms with E-state index in [1.807, 2.05) is 23.1 Å². The fourth-order valence-electron chi connectivity index (χ4n) is 2.53. The van der Waals surface area contributed by atoms with Crippen LogP contribution in [0.4, 0.5) is 0 Å². The lowest BCUT2D eigenvalue weighted by Gasteiger charge is -2.23. The number of amides is 1. The van der Waals surface area contributed by atoms with Crippen LogP contribution in [0.1, 0.15) is 49.5 Å². The third-order valence-electron chi connectivity index (χ3n) is 3.65. The molecule has 1 aliphatic heterocycles. The van der Waals surface area contributed by atoms with Gasteiger partial charge in [-0.25, -0.2) is 0 Å². The molecule has 0 radical (unpaired) electrons. The van der Waals surface area contributed by atoms with Crippen LogP contribution < -0.4 is 4.74 Å². The third kappa shape index (κ3) is 2.91. The van der Waals surface area contributed by atoms with E-state index in [0.29, 0.717) is 0 Å². The Bertz CT molecular complexity index is 468. The standard InChI is InChI=1S/C16H23NO2/c1-16(2,3)13-11-12(7-8-14(13)19-4)15(18)17-9-5-6-10-17/h7-8,11H,5-6,9-10H2,1-4H3. The third-order valence-corrected chi connectivity index (χ3v) is 3.65. The molecular formula is C16H23NO2. The lowest BCUT2D eigenvalue weighted by atomic mass is 9.85. The van der Waals surface area contributed by atoms with Crippen molar-refractivity contribution in [1.82, 2.24) is 4.90 Å². The van der Waals surface area contributed by atoms with E-state index >= 15 is 0 Å². The van der Waals surface area contributed by atoms with Crippen LogP contribution in [0, 0.1) is 0 Å². The number of hydrogen-bond acceptors (Lipinski definition) is 2. The summed E-state index contributed by atoms with van der Waals surface area (Å²) >= 11 is 0. The molecular weight excluding hydrogens is 238 g/mol. The maximum atomic E-state index is 12.4. The number of hydrogen-bond donors (Lipinski definition) is 0. The van der Waals surface area contributed by atoms with Gasteiger partial charge in [0.2, 0.25) is 0 Å². The molecule has 1 amide bonds.